The molecule has 0 aromatic carbocycles. The Morgan fingerprint density at radius 3 is 2.72 bits per heavy atom. The zero-order valence-electron chi connectivity index (χ0n) is 11.4. The molecular weight excluding hydrogens is 224 g/mol. The van der Waals surface area contributed by atoms with Crippen LogP contribution < -0.4 is 10.6 Å². The molecule has 1 heterocycles. The molecule has 0 spiro atoms. The summed E-state index contributed by atoms with van der Waals surface area (Å²) >= 11 is 0. The van der Waals surface area contributed by atoms with Crippen molar-refractivity contribution in [2.45, 2.75) is 32.6 Å². The Labute approximate surface area is 110 Å². The molecule has 0 aliphatic carbocycles. The molecule has 0 atom stereocenters. The first-order chi connectivity index (χ1) is 8.86. The number of aromatic nitrogens is 1. The SMILES string of the molecule is CCCCCNC(=NC)NCCc1ccccn1. The Morgan fingerprint density at radius 2 is 2.06 bits per heavy atom. The number of hydrogen-bond acceptors (Lipinski definition) is 2. The van der Waals surface area contributed by atoms with E-state index in [0.29, 0.717) is 0 Å². The number of hydrogen-bond donors (Lipinski definition) is 2. The average Bonchev–Trinajstić information content (AvgIpc) is 2.42. The fourth-order valence-corrected chi connectivity index (χ4v) is 1.66. The highest BCUT2D eigenvalue weighted by Crippen LogP contribution is 1.93. The van der Waals surface area contributed by atoms with Crippen LogP contribution >= 0.6 is 0 Å². The van der Waals surface area contributed by atoms with Crippen LogP contribution in [0.3, 0.4) is 0 Å². The summed E-state index contributed by atoms with van der Waals surface area (Å²) in [6.45, 7) is 4.04. The molecule has 0 amide bonds. The molecular formula is C14H24N4. The van der Waals surface area contributed by atoms with Gasteiger partial charge in [0.2, 0.25) is 0 Å². The number of nitrogens with one attached hydrogen (secondary N) is 2. The molecule has 0 fully saturated rings. The average molecular weight is 248 g/mol. The normalized spacial score (nSPS) is 11.3. The van der Waals surface area contributed by atoms with E-state index < -0.39 is 0 Å². The molecule has 0 unspecified atom stereocenters. The molecule has 0 aliphatic heterocycles. The summed E-state index contributed by atoms with van der Waals surface area (Å²) in [5, 5.41) is 6.60. The number of pyridine rings is 1. The van der Waals surface area contributed by atoms with Gasteiger partial charge in [0.15, 0.2) is 5.96 Å². The van der Waals surface area contributed by atoms with Crippen molar-refractivity contribution in [3.05, 3.63) is 30.1 Å². The van der Waals surface area contributed by atoms with Gasteiger partial charge in [-0.25, -0.2) is 0 Å². The fourth-order valence-electron chi connectivity index (χ4n) is 1.66. The Bertz CT molecular complexity index is 335. The van der Waals surface area contributed by atoms with Gasteiger partial charge in [-0.1, -0.05) is 25.8 Å². The van der Waals surface area contributed by atoms with Gasteiger partial charge < -0.3 is 10.6 Å². The topological polar surface area (TPSA) is 49.3 Å². The van der Waals surface area contributed by atoms with Gasteiger partial charge in [-0.3, -0.25) is 9.98 Å². The maximum absolute atomic E-state index is 4.29. The summed E-state index contributed by atoms with van der Waals surface area (Å²) in [6.07, 6.45) is 6.44. The lowest BCUT2D eigenvalue weighted by molar-refractivity contribution is 0.681. The van der Waals surface area contributed by atoms with E-state index in [2.05, 4.69) is 27.5 Å². The smallest absolute Gasteiger partial charge is 0.190 e. The van der Waals surface area contributed by atoms with E-state index in [1.807, 2.05) is 24.4 Å². The molecule has 1 aromatic heterocycles. The van der Waals surface area contributed by atoms with Crippen molar-refractivity contribution in [1.29, 1.82) is 0 Å². The van der Waals surface area contributed by atoms with Crippen LogP contribution in [0.4, 0.5) is 0 Å². The first-order valence-corrected chi connectivity index (χ1v) is 6.71. The van der Waals surface area contributed by atoms with Crippen LogP contribution in [0.25, 0.3) is 0 Å². The lowest BCUT2D eigenvalue weighted by Crippen LogP contribution is -2.38. The van der Waals surface area contributed by atoms with E-state index in [4.69, 9.17) is 0 Å². The van der Waals surface area contributed by atoms with E-state index in [1.54, 1.807) is 7.05 Å². The summed E-state index contributed by atoms with van der Waals surface area (Å²) in [5.74, 6) is 0.877. The van der Waals surface area contributed by atoms with Crippen molar-refractivity contribution in [2.24, 2.45) is 4.99 Å². The monoisotopic (exact) mass is 248 g/mol. The summed E-state index contributed by atoms with van der Waals surface area (Å²) in [4.78, 5) is 8.48. The van der Waals surface area contributed by atoms with Crippen LogP contribution in [0, 0.1) is 0 Å². The number of aliphatic imine (C=N–C) groups is 1. The third kappa shape index (κ3) is 6.23. The molecule has 18 heavy (non-hydrogen) atoms. The second kappa shape index (κ2) is 9.45. The molecule has 1 aromatic rings. The summed E-state index contributed by atoms with van der Waals surface area (Å²) in [6, 6.07) is 5.99. The summed E-state index contributed by atoms with van der Waals surface area (Å²) in [5.41, 5.74) is 1.10. The summed E-state index contributed by atoms with van der Waals surface area (Å²) < 4.78 is 0. The minimum absolute atomic E-state index is 0.852. The molecule has 0 saturated heterocycles. The molecule has 0 aliphatic rings. The number of unbranched alkanes of at least 4 members (excludes halogenated alkanes) is 2. The highest BCUT2D eigenvalue weighted by atomic mass is 15.2. The third-order valence-corrected chi connectivity index (χ3v) is 2.70. The molecule has 0 bridgehead atoms. The predicted octanol–water partition coefficient (Wildman–Crippen LogP) is 1.98. The van der Waals surface area contributed by atoms with E-state index in [1.165, 1.54) is 19.3 Å². The van der Waals surface area contributed by atoms with Crippen LogP contribution in [0.15, 0.2) is 29.4 Å². The maximum Gasteiger partial charge on any atom is 0.190 e. The highest BCUT2D eigenvalue weighted by Gasteiger charge is 1.97. The second-order valence-corrected chi connectivity index (χ2v) is 4.20. The fraction of sp³-hybridized carbons (Fsp3) is 0.571. The molecule has 0 radical (unpaired) electrons. The molecule has 100 valence electrons. The number of rotatable bonds is 7. The Kier molecular flexibility index (Phi) is 7.60. The van der Waals surface area contributed by atoms with Gasteiger partial charge in [0.05, 0.1) is 0 Å². The minimum Gasteiger partial charge on any atom is -0.356 e. The van der Waals surface area contributed by atoms with E-state index >= 15 is 0 Å². The van der Waals surface area contributed by atoms with Crippen molar-refractivity contribution in [3.63, 3.8) is 0 Å². The zero-order valence-corrected chi connectivity index (χ0v) is 11.4. The van der Waals surface area contributed by atoms with Crippen LogP contribution in [0.2, 0.25) is 0 Å². The van der Waals surface area contributed by atoms with Gasteiger partial charge in [0.25, 0.3) is 0 Å². The first kappa shape index (κ1) is 14.5. The van der Waals surface area contributed by atoms with E-state index in [-0.39, 0.29) is 0 Å². The van der Waals surface area contributed by atoms with Crippen LogP contribution in [-0.4, -0.2) is 31.1 Å². The van der Waals surface area contributed by atoms with Crippen LogP contribution in [-0.2, 0) is 6.42 Å². The third-order valence-electron chi connectivity index (χ3n) is 2.70. The Morgan fingerprint density at radius 1 is 1.22 bits per heavy atom. The van der Waals surface area contributed by atoms with Gasteiger partial charge in [0.1, 0.15) is 0 Å². The van der Waals surface area contributed by atoms with Crippen LogP contribution in [0.1, 0.15) is 31.9 Å². The van der Waals surface area contributed by atoms with Crippen molar-refractivity contribution >= 4 is 5.96 Å². The van der Waals surface area contributed by atoms with Crippen LogP contribution in [0.5, 0.6) is 0 Å². The standard InChI is InChI=1S/C14H24N4/c1-3-4-6-11-17-14(15-2)18-12-9-13-8-5-7-10-16-13/h5,7-8,10H,3-4,6,9,11-12H2,1-2H3,(H2,15,17,18). The van der Waals surface area contributed by atoms with Gasteiger partial charge >= 0.3 is 0 Å². The molecule has 1 rings (SSSR count). The quantitative estimate of drug-likeness (QED) is 0.441. The molecule has 4 heteroatoms. The van der Waals surface area contributed by atoms with Crippen molar-refractivity contribution in [2.75, 3.05) is 20.1 Å². The molecule has 2 N–H and O–H groups in total. The van der Waals surface area contributed by atoms with Gasteiger partial charge in [0, 0.05) is 38.4 Å². The Balaban J connectivity index is 2.16. The predicted molar refractivity (Wildman–Crippen MR) is 76.8 cm³/mol. The Hall–Kier alpha value is -1.58. The highest BCUT2D eigenvalue weighted by molar-refractivity contribution is 5.79. The minimum atomic E-state index is 0.852. The number of guanidine groups is 1. The largest absolute Gasteiger partial charge is 0.356 e. The van der Waals surface area contributed by atoms with E-state index in [0.717, 1.165) is 31.2 Å². The first-order valence-electron chi connectivity index (χ1n) is 6.71. The van der Waals surface area contributed by atoms with E-state index in [9.17, 15) is 0 Å². The molecule has 0 saturated carbocycles. The summed E-state index contributed by atoms with van der Waals surface area (Å²) in [7, 11) is 1.80. The van der Waals surface area contributed by atoms with Crippen molar-refractivity contribution in [3.8, 4) is 0 Å². The maximum atomic E-state index is 4.29. The van der Waals surface area contributed by atoms with Crippen molar-refractivity contribution < 1.29 is 0 Å². The molecule has 4 nitrogen and oxygen atoms in total. The lowest BCUT2D eigenvalue weighted by atomic mass is 10.2. The van der Waals surface area contributed by atoms with Gasteiger partial charge in [-0.15, -0.1) is 0 Å². The second-order valence-electron chi connectivity index (χ2n) is 4.20. The van der Waals surface area contributed by atoms with Gasteiger partial charge in [-0.05, 0) is 18.6 Å². The lowest BCUT2D eigenvalue weighted by Gasteiger charge is -2.11. The van der Waals surface area contributed by atoms with Crippen molar-refractivity contribution in [1.82, 2.24) is 15.6 Å². The number of nitrogens with zero attached hydrogens (tertiary/aromatic N) is 2. The van der Waals surface area contributed by atoms with Gasteiger partial charge in [-0.2, -0.15) is 0 Å². The zero-order chi connectivity index (χ0) is 13.1.